The van der Waals surface area contributed by atoms with Crippen LogP contribution in [0.1, 0.15) is 5.56 Å². The van der Waals surface area contributed by atoms with Crippen molar-refractivity contribution in [3.05, 3.63) is 33.4 Å². The van der Waals surface area contributed by atoms with E-state index in [1.807, 2.05) is 24.3 Å². The average Bonchev–Trinajstić information content (AvgIpc) is 2.15. The third-order valence-corrected chi connectivity index (χ3v) is 3.38. The molecule has 1 saturated heterocycles. The summed E-state index contributed by atoms with van der Waals surface area (Å²) < 4.78 is 1.17. The molecule has 0 radical (unpaired) electrons. The zero-order valence-corrected chi connectivity index (χ0v) is 11.2. The fraction of sp³-hybridized carbons (Fsp3) is 0.417. The Kier molecular flexibility index (Phi) is 4.17. The van der Waals surface area contributed by atoms with Gasteiger partial charge in [-0.2, -0.15) is 0 Å². The van der Waals surface area contributed by atoms with E-state index < -0.39 is 0 Å². The Morgan fingerprint density at radius 2 is 2.31 bits per heavy atom. The number of nitrogens with one attached hydrogen (secondary N) is 2. The summed E-state index contributed by atoms with van der Waals surface area (Å²) in [5.74, 6) is 0.744. The number of amides is 1. The lowest BCUT2D eigenvalue weighted by Gasteiger charge is -2.27. The minimum absolute atomic E-state index is 0.119. The van der Waals surface area contributed by atoms with Crippen LogP contribution in [0.25, 0.3) is 0 Å². The van der Waals surface area contributed by atoms with Gasteiger partial charge in [0.1, 0.15) is 0 Å². The van der Waals surface area contributed by atoms with Crippen molar-refractivity contribution in [1.29, 1.82) is 0 Å². The molecule has 2 rings (SSSR count). The first kappa shape index (κ1) is 11.9. The Morgan fingerprint density at radius 3 is 2.94 bits per heavy atom. The van der Waals surface area contributed by atoms with Crippen LogP contribution < -0.4 is 10.6 Å². The highest BCUT2D eigenvalue weighted by Crippen LogP contribution is 2.08. The Balaban J connectivity index is 1.77. The van der Waals surface area contributed by atoms with Crippen molar-refractivity contribution in [2.24, 2.45) is 5.92 Å². The van der Waals surface area contributed by atoms with E-state index in [9.17, 15) is 4.79 Å². The number of rotatable bonds is 4. The molecule has 0 spiro atoms. The summed E-state index contributed by atoms with van der Waals surface area (Å²) in [5, 5.41) is 6.16. The van der Waals surface area contributed by atoms with Gasteiger partial charge < -0.3 is 10.6 Å². The lowest BCUT2D eigenvalue weighted by Crippen LogP contribution is -2.48. The quantitative estimate of drug-likeness (QED) is 0.814. The van der Waals surface area contributed by atoms with Crippen LogP contribution in [0.3, 0.4) is 0 Å². The Labute approximate surface area is 109 Å². The molecule has 1 aliphatic heterocycles. The summed E-state index contributed by atoms with van der Waals surface area (Å²) in [5.41, 5.74) is 1.08. The molecule has 86 valence electrons. The zero-order valence-electron chi connectivity index (χ0n) is 9.00. The van der Waals surface area contributed by atoms with E-state index in [1.165, 1.54) is 3.57 Å². The van der Waals surface area contributed by atoms with Crippen LogP contribution in [0.15, 0.2) is 24.3 Å². The third-order valence-electron chi connectivity index (χ3n) is 2.71. The van der Waals surface area contributed by atoms with Crippen LogP contribution in [0.4, 0.5) is 0 Å². The maximum atomic E-state index is 11.6. The maximum Gasteiger partial charge on any atom is 0.224 e. The van der Waals surface area contributed by atoms with E-state index in [2.05, 4.69) is 33.2 Å². The average molecular weight is 330 g/mol. The normalized spacial score (nSPS) is 15.6. The molecule has 1 aromatic rings. The fourth-order valence-corrected chi connectivity index (χ4v) is 2.25. The summed E-state index contributed by atoms with van der Waals surface area (Å²) in [6.07, 6.45) is 0.483. The smallest absolute Gasteiger partial charge is 0.224 e. The molecule has 0 aliphatic carbocycles. The van der Waals surface area contributed by atoms with E-state index in [1.54, 1.807) is 0 Å². The SMILES string of the molecule is O=C(Cc1cccc(I)c1)NCC1CNC1. The second kappa shape index (κ2) is 5.63. The van der Waals surface area contributed by atoms with Crippen molar-refractivity contribution < 1.29 is 4.79 Å². The summed E-state index contributed by atoms with van der Waals surface area (Å²) in [7, 11) is 0. The Morgan fingerprint density at radius 1 is 1.50 bits per heavy atom. The molecule has 16 heavy (non-hydrogen) atoms. The van der Waals surface area contributed by atoms with Gasteiger partial charge in [-0.15, -0.1) is 0 Å². The van der Waals surface area contributed by atoms with Gasteiger partial charge in [0.05, 0.1) is 6.42 Å². The lowest BCUT2D eigenvalue weighted by atomic mass is 10.0. The number of hydrogen-bond acceptors (Lipinski definition) is 2. The molecule has 4 heteroatoms. The molecule has 0 unspecified atom stereocenters. The second-order valence-electron chi connectivity index (χ2n) is 4.14. The molecular formula is C12H15IN2O. The minimum atomic E-state index is 0.119. The summed E-state index contributed by atoms with van der Waals surface area (Å²) in [6, 6.07) is 8.06. The van der Waals surface area contributed by atoms with Crippen LogP contribution in [0.2, 0.25) is 0 Å². The number of benzene rings is 1. The molecule has 1 amide bonds. The van der Waals surface area contributed by atoms with Gasteiger partial charge in [-0.25, -0.2) is 0 Å². The zero-order chi connectivity index (χ0) is 11.4. The largest absolute Gasteiger partial charge is 0.355 e. The topological polar surface area (TPSA) is 41.1 Å². The van der Waals surface area contributed by atoms with Crippen LogP contribution in [-0.4, -0.2) is 25.5 Å². The first-order valence-corrected chi connectivity index (χ1v) is 6.54. The predicted molar refractivity (Wildman–Crippen MR) is 72.2 cm³/mol. The third kappa shape index (κ3) is 3.45. The molecule has 3 nitrogen and oxygen atoms in total. The van der Waals surface area contributed by atoms with E-state index in [-0.39, 0.29) is 5.91 Å². The van der Waals surface area contributed by atoms with Crippen molar-refractivity contribution in [1.82, 2.24) is 10.6 Å². The molecular weight excluding hydrogens is 315 g/mol. The highest BCUT2D eigenvalue weighted by atomic mass is 127. The second-order valence-corrected chi connectivity index (χ2v) is 5.38. The number of carbonyl (C=O) groups is 1. The summed E-state index contributed by atoms with van der Waals surface area (Å²) >= 11 is 2.26. The van der Waals surface area contributed by atoms with Crippen molar-refractivity contribution in [2.75, 3.05) is 19.6 Å². The van der Waals surface area contributed by atoms with Gasteiger partial charge in [-0.1, -0.05) is 12.1 Å². The maximum absolute atomic E-state index is 11.6. The first-order chi connectivity index (χ1) is 7.74. The molecule has 0 aromatic heterocycles. The number of carbonyl (C=O) groups excluding carboxylic acids is 1. The van der Waals surface area contributed by atoms with Gasteiger partial charge in [0, 0.05) is 29.1 Å². The standard InChI is InChI=1S/C12H15IN2O/c13-11-3-1-2-9(4-11)5-12(16)15-8-10-6-14-7-10/h1-4,10,14H,5-8H2,(H,15,16). The molecule has 0 bridgehead atoms. The van der Waals surface area contributed by atoms with Crippen molar-refractivity contribution in [3.63, 3.8) is 0 Å². The summed E-state index contributed by atoms with van der Waals surface area (Å²) in [4.78, 5) is 11.6. The molecule has 1 fully saturated rings. The van der Waals surface area contributed by atoms with Gasteiger partial charge in [0.25, 0.3) is 0 Å². The predicted octanol–water partition coefficient (Wildman–Crippen LogP) is 1.17. The molecule has 2 N–H and O–H groups in total. The molecule has 1 heterocycles. The van der Waals surface area contributed by atoms with Crippen molar-refractivity contribution in [2.45, 2.75) is 6.42 Å². The van der Waals surface area contributed by atoms with Crippen molar-refractivity contribution in [3.8, 4) is 0 Å². The Hall–Kier alpha value is -0.620. The van der Waals surface area contributed by atoms with E-state index in [0.717, 1.165) is 25.2 Å². The van der Waals surface area contributed by atoms with Crippen molar-refractivity contribution >= 4 is 28.5 Å². The highest BCUT2D eigenvalue weighted by molar-refractivity contribution is 14.1. The van der Waals surface area contributed by atoms with Gasteiger partial charge in [-0.3, -0.25) is 4.79 Å². The fourth-order valence-electron chi connectivity index (χ4n) is 1.65. The van der Waals surface area contributed by atoms with Gasteiger partial charge >= 0.3 is 0 Å². The van der Waals surface area contributed by atoms with Gasteiger partial charge in [0.15, 0.2) is 0 Å². The highest BCUT2D eigenvalue weighted by Gasteiger charge is 2.16. The Bertz CT molecular complexity index is 377. The number of halogens is 1. The molecule has 0 atom stereocenters. The van der Waals surface area contributed by atoms with Gasteiger partial charge in [-0.05, 0) is 40.3 Å². The van der Waals surface area contributed by atoms with E-state index >= 15 is 0 Å². The van der Waals surface area contributed by atoms with E-state index in [0.29, 0.717) is 12.3 Å². The first-order valence-electron chi connectivity index (χ1n) is 5.46. The molecule has 1 aromatic carbocycles. The van der Waals surface area contributed by atoms with Gasteiger partial charge in [0.2, 0.25) is 5.91 Å². The van der Waals surface area contributed by atoms with Crippen LogP contribution in [0.5, 0.6) is 0 Å². The number of hydrogen-bond donors (Lipinski definition) is 2. The van der Waals surface area contributed by atoms with Crippen LogP contribution in [-0.2, 0) is 11.2 Å². The van der Waals surface area contributed by atoms with Crippen LogP contribution >= 0.6 is 22.6 Å². The van der Waals surface area contributed by atoms with Crippen LogP contribution in [0, 0.1) is 9.49 Å². The monoisotopic (exact) mass is 330 g/mol. The summed E-state index contributed by atoms with van der Waals surface area (Å²) in [6.45, 7) is 2.86. The lowest BCUT2D eigenvalue weighted by molar-refractivity contribution is -0.120. The molecule has 0 saturated carbocycles. The van der Waals surface area contributed by atoms with E-state index in [4.69, 9.17) is 0 Å². The molecule has 1 aliphatic rings. The minimum Gasteiger partial charge on any atom is -0.355 e.